The lowest BCUT2D eigenvalue weighted by molar-refractivity contribution is -0.120. The Morgan fingerprint density at radius 3 is 2.33 bits per heavy atom. The Kier molecular flexibility index (Phi) is 5.29. The third-order valence-electron chi connectivity index (χ3n) is 4.93. The van der Waals surface area contributed by atoms with E-state index in [0.717, 1.165) is 16.2 Å². The highest BCUT2D eigenvalue weighted by Crippen LogP contribution is 2.35. The third kappa shape index (κ3) is 3.55. The Bertz CT molecular complexity index is 1170. The maximum absolute atomic E-state index is 13.4. The molecule has 30 heavy (non-hydrogen) atoms. The van der Waals surface area contributed by atoms with E-state index in [1.807, 2.05) is 31.2 Å². The van der Waals surface area contributed by atoms with Gasteiger partial charge < -0.3 is 10.1 Å². The third-order valence-corrected chi connectivity index (χ3v) is 5.19. The number of para-hydroxylation sites is 1. The van der Waals surface area contributed by atoms with Gasteiger partial charge in [-0.15, -0.1) is 0 Å². The van der Waals surface area contributed by atoms with Crippen LogP contribution < -0.4 is 15.0 Å². The van der Waals surface area contributed by atoms with Gasteiger partial charge in [0.15, 0.2) is 0 Å². The lowest BCUT2D eigenvalue weighted by atomic mass is 10.0. The molecule has 3 aromatic carbocycles. The van der Waals surface area contributed by atoms with Gasteiger partial charge in [-0.3, -0.25) is 9.59 Å². The highest BCUT2D eigenvalue weighted by Gasteiger charge is 2.40. The number of nitrogens with zero attached hydrogens (tertiary/aromatic N) is 1. The smallest absolute Gasteiger partial charge is 0.282 e. The van der Waals surface area contributed by atoms with Gasteiger partial charge in [-0.2, -0.15) is 0 Å². The van der Waals surface area contributed by atoms with E-state index in [0.29, 0.717) is 27.6 Å². The molecule has 0 fully saturated rings. The molecule has 1 aliphatic rings. The number of nitrogens with one attached hydrogen (secondary N) is 1. The zero-order chi connectivity index (χ0) is 21.3. The molecule has 1 aliphatic heterocycles. The zero-order valence-electron chi connectivity index (χ0n) is 16.5. The van der Waals surface area contributed by atoms with Crippen LogP contribution in [0.25, 0.3) is 5.57 Å². The van der Waals surface area contributed by atoms with Crippen molar-refractivity contribution >= 4 is 40.4 Å². The van der Waals surface area contributed by atoms with Crippen LogP contribution in [-0.2, 0) is 9.59 Å². The molecule has 0 atom stereocenters. The van der Waals surface area contributed by atoms with E-state index in [1.54, 1.807) is 48.5 Å². The number of benzene rings is 3. The Balaban J connectivity index is 1.83. The van der Waals surface area contributed by atoms with Crippen molar-refractivity contribution in [2.75, 3.05) is 17.3 Å². The molecule has 0 aliphatic carbocycles. The molecule has 150 valence electrons. The van der Waals surface area contributed by atoms with Crippen LogP contribution >= 0.6 is 11.6 Å². The summed E-state index contributed by atoms with van der Waals surface area (Å²) in [5.74, 6) is -0.283. The van der Waals surface area contributed by atoms with Gasteiger partial charge in [-0.05, 0) is 48.4 Å². The summed E-state index contributed by atoms with van der Waals surface area (Å²) in [7, 11) is 1.54. The zero-order valence-corrected chi connectivity index (χ0v) is 17.2. The van der Waals surface area contributed by atoms with Crippen molar-refractivity contribution in [1.29, 1.82) is 0 Å². The van der Waals surface area contributed by atoms with Crippen LogP contribution in [-0.4, -0.2) is 18.9 Å². The van der Waals surface area contributed by atoms with Gasteiger partial charge in [0.1, 0.15) is 11.4 Å². The number of halogens is 1. The van der Waals surface area contributed by atoms with Crippen molar-refractivity contribution in [1.82, 2.24) is 0 Å². The lowest BCUT2D eigenvalue weighted by Gasteiger charge is -2.16. The Morgan fingerprint density at radius 2 is 1.63 bits per heavy atom. The molecule has 0 saturated carbocycles. The summed E-state index contributed by atoms with van der Waals surface area (Å²) < 4.78 is 5.25. The van der Waals surface area contributed by atoms with Crippen LogP contribution in [0.4, 0.5) is 11.4 Å². The number of aryl methyl sites for hydroxylation is 1. The molecule has 3 aromatic rings. The van der Waals surface area contributed by atoms with Crippen molar-refractivity contribution < 1.29 is 14.3 Å². The minimum absolute atomic E-state index is 0.222. The van der Waals surface area contributed by atoms with E-state index in [9.17, 15) is 9.59 Å². The normalized spacial score (nSPS) is 13.8. The molecule has 2 amide bonds. The minimum atomic E-state index is -0.429. The Labute approximate surface area is 179 Å². The molecule has 0 bridgehead atoms. The maximum Gasteiger partial charge on any atom is 0.282 e. The fraction of sp³-hybridized carbons (Fsp3) is 0.0833. The first-order valence-corrected chi connectivity index (χ1v) is 9.73. The first kappa shape index (κ1) is 19.7. The quantitative estimate of drug-likeness (QED) is 0.589. The van der Waals surface area contributed by atoms with Gasteiger partial charge >= 0.3 is 0 Å². The van der Waals surface area contributed by atoms with E-state index < -0.39 is 11.8 Å². The second-order valence-electron chi connectivity index (χ2n) is 6.84. The summed E-state index contributed by atoms with van der Waals surface area (Å²) in [4.78, 5) is 28.0. The van der Waals surface area contributed by atoms with Gasteiger partial charge in [0.05, 0.1) is 18.4 Å². The standard InChI is InChI=1S/C24H19ClN2O3/c1-15-6-3-4-9-20(15)26-22-21(16-10-12-17(25)13-11-16)23(28)27(24(22)29)18-7-5-8-19(14-18)30-2/h3-14,26H,1-2H3. The van der Waals surface area contributed by atoms with Crippen molar-refractivity contribution in [2.24, 2.45) is 0 Å². The number of imide groups is 1. The van der Waals surface area contributed by atoms with Crippen LogP contribution in [0.2, 0.25) is 5.02 Å². The van der Waals surface area contributed by atoms with Crippen LogP contribution in [0.1, 0.15) is 11.1 Å². The fourth-order valence-corrected chi connectivity index (χ4v) is 3.49. The average Bonchev–Trinajstić information content (AvgIpc) is 3.00. The molecular formula is C24H19ClN2O3. The first-order chi connectivity index (χ1) is 14.5. The van der Waals surface area contributed by atoms with Crippen LogP contribution in [0.5, 0.6) is 5.75 Å². The van der Waals surface area contributed by atoms with Crippen LogP contribution in [0, 0.1) is 6.92 Å². The van der Waals surface area contributed by atoms with Gasteiger partial charge in [0.2, 0.25) is 0 Å². The number of hydrogen-bond donors (Lipinski definition) is 1. The molecule has 0 saturated heterocycles. The predicted octanol–water partition coefficient (Wildman–Crippen LogP) is 5.05. The Hall–Kier alpha value is -3.57. The van der Waals surface area contributed by atoms with Crippen molar-refractivity contribution in [3.05, 3.63) is 94.6 Å². The number of ether oxygens (including phenoxy) is 1. The summed E-state index contributed by atoms with van der Waals surface area (Å²) >= 11 is 6.02. The van der Waals surface area contributed by atoms with Gasteiger partial charge in [-0.1, -0.05) is 48.0 Å². The highest BCUT2D eigenvalue weighted by molar-refractivity contribution is 6.46. The number of carbonyl (C=O) groups excluding carboxylic acids is 2. The molecule has 0 unspecified atom stereocenters. The average molecular weight is 419 g/mol. The fourth-order valence-electron chi connectivity index (χ4n) is 3.36. The highest BCUT2D eigenvalue weighted by atomic mass is 35.5. The summed E-state index contributed by atoms with van der Waals surface area (Å²) in [6.07, 6.45) is 0. The number of amides is 2. The van der Waals surface area contributed by atoms with Crippen molar-refractivity contribution in [2.45, 2.75) is 6.92 Å². The maximum atomic E-state index is 13.4. The topological polar surface area (TPSA) is 58.6 Å². The number of carbonyl (C=O) groups is 2. The van der Waals surface area contributed by atoms with E-state index in [4.69, 9.17) is 16.3 Å². The summed E-state index contributed by atoms with van der Waals surface area (Å²) in [6, 6.07) is 21.3. The molecule has 6 heteroatoms. The second kappa shape index (κ2) is 8.05. The summed E-state index contributed by atoms with van der Waals surface area (Å²) in [5.41, 5.74) is 3.28. The van der Waals surface area contributed by atoms with Gasteiger partial charge in [0.25, 0.3) is 11.8 Å². The number of anilines is 2. The van der Waals surface area contributed by atoms with Crippen LogP contribution in [0.3, 0.4) is 0 Å². The largest absolute Gasteiger partial charge is 0.497 e. The van der Waals surface area contributed by atoms with Gasteiger partial charge in [0, 0.05) is 16.8 Å². The van der Waals surface area contributed by atoms with E-state index >= 15 is 0 Å². The molecule has 1 heterocycles. The number of methoxy groups -OCH3 is 1. The molecular weight excluding hydrogens is 400 g/mol. The lowest BCUT2D eigenvalue weighted by Crippen LogP contribution is -2.32. The predicted molar refractivity (Wildman–Crippen MR) is 119 cm³/mol. The second-order valence-corrected chi connectivity index (χ2v) is 7.28. The molecule has 5 nitrogen and oxygen atoms in total. The van der Waals surface area contributed by atoms with E-state index in [2.05, 4.69) is 5.32 Å². The van der Waals surface area contributed by atoms with Crippen LogP contribution in [0.15, 0.2) is 78.5 Å². The van der Waals surface area contributed by atoms with Crippen molar-refractivity contribution in [3.63, 3.8) is 0 Å². The SMILES string of the molecule is COc1cccc(N2C(=O)C(Nc3ccccc3C)=C(c3ccc(Cl)cc3)C2=O)c1. The summed E-state index contributed by atoms with van der Waals surface area (Å²) in [5, 5.41) is 3.73. The molecule has 0 spiro atoms. The molecule has 0 aromatic heterocycles. The van der Waals surface area contributed by atoms with E-state index in [-0.39, 0.29) is 5.70 Å². The molecule has 1 N–H and O–H groups in total. The van der Waals surface area contributed by atoms with Gasteiger partial charge in [-0.25, -0.2) is 4.90 Å². The van der Waals surface area contributed by atoms with Crippen molar-refractivity contribution in [3.8, 4) is 5.75 Å². The first-order valence-electron chi connectivity index (χ1n) is 9.35. The van der Waals surface area contributed by atoms with E-state index in [1.165, 1.54) is 7.11 Å². The molecule has 4 rings (SSSR count). The Morgan fingerprint density at radius 1 is 0.900 bits per heavy atom. The summed E-state index contributed by atoms with van der Waals surface area (Å²) in [6.45, 7) is 1.94. The molecule has 0 radical (unpaired) electrons. The minimum Gasteiger partial charge on any atom is -0.497 e. The number of hydrogen-bond acceptors (Lipinski definition) is 4. The monoisotopic (exact) mass is 418 g/mol. The number of rotatable bonds is 5.